The van der Waals surface area contributed by atoms with Crippen LogP contribution in [0.25, 0.3) is 0 Å². The highest BCUT2D eigenvalue weighted by Crippen LogP contribution is 2.38. The minimum absolute atomic E-state index is 0.00308. The number of hydrogen-bond acceptors (Lipinski definition) is 4. The maximum Gasteiger partial charge on any atom is 0.226 e. The van der Waals surface area contributed by atoms with Gasteiger partial charge in [0.15, 0.2) is 0 Å². The van der Waals surface area contributed by atoms with Crippen LogP contribution in [-0.4, -0.2) is 18.5 Å². The van der Waals surface area contributed by atoms with E-state index in [9.17, 15) is 10.1 Å². The van der Waals surface area contributed by atoms with E-state index in [-0.39, 0.29) is 5.91 Å². The summed E-state index contributed by atoms with van der Waals surface area (Å²) in [5.74, 6) is -0.00308. The molecule has 26 heavy (non-hydrogen) atoms. The summed E-state index contributed by atoms with van der Waals surface area (Å²) in [6, 6.07) is 11.2. The first-order chi connectivity index (χ1) is 12.7. The molecule has 0 fully saturated rings. The predicted molar refractivity (Wildman–Crippen MR) is 106 cm³/mol. The van der Waals surface area contributed by atoms with Crippen LogP contribution in [0.4, 0.5) is 10.7 Å². The first-order valence-electron chi connectivity index (χ1n) is 9.36. The second-order valence-electron chi connectivity index (χ2n) is 7.20. The lowest BCUT2D eigenvalue weighted by molar-refractivity contribution is -0.116. The van der Waals surface area contributed by atoms with Crippen molar-refractivity contribution in [3.63, 3.8) is 0 Å². The van der Waals surface area contributed by atoms with Crippen molar-refractivity contribution < 1.29 is 4.79 Å². The Hall–Kier alpha value is -2.32. The number of para-hydroxylation sites is 1. The van der Waals surface area contributed by atoms with Gasteiger partial charge >= 0.3 is 0 Å². The standard InChI is InChI=1S/C21H23N3OS/c1-14-12-15-6-2-4-8-18(15)24(14)11-10-20(25)23-21-17(13-22)16-7-3-5-9-19(16)26-21/h2,4,6,8,14H,3,5,7,9-12H2,1H3,(H,23,25). The number of amides is 1. The van der Waals surface area contributed by atoms with Gasteiger partial charge < -0.3 is 10.2 Å². The van der Waals surface area contributed by atoms with Crippen LogP contribution in [-0.2, 0) is 24.1 Å². The summed E-state index contributed by atoms with van der Waals surface area (Å²) < 4.78 is 0. The monoisotopic (exact) mass is 365 g/mol. The predicted octanol–water partition coefficient (Wildman–Crippen LogP) is 4.28. The number of benzene rings is 1. The van der Waals surface area contributed by atoms with Crippen LogP contribution < -0.4 is 10.2 Å². The zero-order chi connectivity index (χ0) is 18.1. The minimum Gasteiger partial charge on any atom is -0.368 e. The lowest BCUT2D eigenvalue weighted by Gasteiger charge is -2.24. The maximum atomic E-state index is 12.5. The number of rotatable bonds is 4. The molecular formula is C21H23N3OS. The van der Waals surface area contributed by atoms with Crippen molar-refractivity contribution >= 4 is 27.9 Å². The Bertz CT molecular complexity index is 880. The van der Waals surface area contributed by atoms with Crippen molar-refractivity contribution in [1.29, 1.82) is 5.26 Å². The lowest BCUT2D eigenvalue weighted by Crippen LogP contribution is -2.32. The fraction of sp³-hybridized carbons (Fsp3) is 0.429. The summed E-state index contributed by atoms with van der Waals surface area (Å²) in [6.45, 7) is 2.91. The molecule has 1 aromatic carbocycles. The van der Waals surface area contributed by atoms with Gasteiger partial charge in [-0.25, -0.2) is 0 Å². The van der Waals surface area contributed by atoms with Crippen LogP contribution in [0.1, 0.15) is 47.8 Å². The Morgan fingerprint density at radius 1 is 1.35 bits per heavy atom. The summed E-state index contributed by atoms with van der Waals surface area (Å²) >= 11 is 1.59. The molecule has 0 bridgehead atoms. The van der Waals surface area contributed by atoms with Crippen LogP contribution in [0.2, 0.25) is 0 Å². The van der Waals surface area contributed by atoms with E-state index in [1.54, 1.807) is 11.3 Å². The highest BCUT2D eigenvalue weighted by Gasteiger charge is 2.26. The van der Waals surface area contributed by atoms with Crippen molar-refractivity contribution in [3.05, 3.63) is 45.8 Å². The number of hydrogen-bond donors (Lipinski definition) is 1. The largest absolute Gasteiger partial charge is 0.368 e. The number of nitrogens with zero attached hydrogens (tertiary/aromatic N) is 2. The Kier molecular flexibility index (Phi) is 4.69. The Morgan fingerprint density at radius 3 is 3.00 bits per heavy atom. The third-order valence-electron chi connectivity index (χ3n) is 5.46. The number of anilines is 2. The van der Waals surface area contributed by atoms with Crippen molar-refractivity contribution in [2.75, 3.05) is 16.8 Å². The Morgan fingerprint density at radius 2 is 2.15 bits per heavy atom. The second kappa shape index (κ2) is 7.13. The summed E-state index contributed by atoms with van der Waals surface area (Å²) in [4.78, 5) is 16.1. The molecule has 1 N–H and O–H groups in total. The summed E-state index contributed by atoms with van der Waals surface area (Å²) in [5.41, 5.74) is 4.47. The molecule has 0 saturated heterocycles. The maximum absolute atomic E-state index is 12.5. The van der Waals surface area contributed by atoms with Gasteiger partial charge in [-0.2, -0.15) is 5.26 Å². The second-order valence-corrected chi connectivity index (χ2v) is 8.31. The van der Waals surface area contributed by atoms with Crippen molar-refractivity contribution in [2.45, 2.75) is 51.5 Å². The fourth-order valence-electron chi connectivity index (χ4n) is 4.15. The molecule has 1 unspecified atom stereocenters. The molecule has 2 aliphatic rings. The number of thiophene rings is 1. The van der Waals surface area contributed by atoms with E-state index in [0.29, 0.717) is 24.6 Å². The van der Waals surface area contributed by atoms with Gasteiger partial charge in [-0.15, -0.1) is 11.3 Å². The zero-order valence-electron chi connectivity index (χ0n) is 15.0. The number of nitrogens with one attached hydrogen (secondary N) is 1. The summed E-state index contributed by atoms with van der Waals surface area (Å²) in [7, 11) is 0. The molecule has 4 rings (SSSR count). The number of carbonyl (C=O) groups is 1. The van der Waals surface area contributed by atoms with Crippen molar-refractivity contribution in [3.8, 4) is 6.07 Å². The molecule has 1 aromatic heterocycles. The molecule has 0 saturated carbocycles. The quantitative estimate of drug-likeness (QED) is 0.880. The van der Waals surface area contributed by atoms with Crippen molar-refractivity contribution in [2.24, 2.45) is 0 Å². The van der Waals surface area contributed by atoms with Gasteiger partial charge in [0.25, 0.3) is 0 Å². The third kappa shape index (κ3) is 3.10. The molecule has 1 aliphatic heterocycles. The first-order valence-corrected chi connectivity index (χ1v) is 10.2. The summed E-state index contributed by atoms with van der Waals surface area (Å²) in [6.07, 6.45) is 5.79. The SMILES string of the molecule is CC1Cc2ccccc2N1CCC(=O)Nc1sc2c(c1C#N)CCCC2. The van der Waals surface area contributed by atoms with Crippen LogP contribution in [0.15, 0.2) is 24.3 Å². The molecule has 0 spiro atoms. The number of carbonyl (C=O) groups excluding carboxylic acids is 1. The molecule has 4 nitrogen and oxygen atoms in total. The fourth-order valence-corrected chi connectivity index (χ4v) is 5.41. The first kappa shape index (κ1) is 17.1. The number of nitriles is 1. The highest BCUT2D eigenvalue weighted by atomic mass is 32.1. The van der Waals surface area contributed by atoms with E-state index < -0.39 is 0 Å². The average molecular weight is 366 g/mol. The molecule has 2 heterocycles. The van der Waals surface area contributed by atoms with E-state index >= 15 is 0 Å². The van der Waals surface area contributed by atoms with Gasteiger partial charge in [0, 0.05) is 29.6 Å². The Balaban J connectivity index is 1.43. The van der Waals surface area contributed by atoms with Crippen LogP contribution in [0.5, 0.6) is 0 Å². The molecule has 0 radical (unpaired) electrons. The van der Waals surface area contributed by atoms with E-state index in [4.69, 9.17) is 0 Å². The molecule has 1 amide bonds. The molecule has 134 valence electrons. The molecule has 5 heteroatoms. The van der Waals surface area contributed by atoms with Gasteiger partial charge in [-0.1, -0.05) is 18.2 Å². The van der Waals surface area contributed by atoms with E-state index in [2.05, 4.69) is 47.5 Å². The lowest BCUT2D eigenvalue weighted by atomic mass is 9.96. The van der Waals surface area contributed by atoms with Gasteiger partial charge in [0.2, 0.25) is 5.91 Å². The van der Waals surface area contributed by atoms with Gasteiger partial charge in [-0.3, -0.25) is 4.79 Å². The zero-order valence-corrected chi connectivity index (χ0v) is 15.9. The molecule has 1 aliphatic carbocycles. The average Bonchev–Trinajstić information content (AvgIpc) is 3.15. The van der Waals surface area contributed by atoms with Crippen LogP contribution >= 0.6 is 11.3 Å². The molecule has 1 atom stereocenters. The minimum atomic E-state index is -0.00308. The normalized spacial score (nSPS) is 18.2. The van der Waals surface area contributed by atoms with Crippen LogP contribution in [0, 0.1) is 11.3 Å². The van der Waals surface area contributed by atoms with E-state index in [0.717, 1.165) is 30.7 Å². The highest BCUT2D eigenvalue weighted by molar-refractivity contribution is 7.16. The van der Waals surface area contributed by atoms with Crippen LogP contribution in [0.3, 0.4) is 0 Å². The number of fused-ring (bicyclic) bond motifs is 2. The molecular weight excluding hydrogens is 342 g/mol. The third-order valence-corrected chi connectivity index (χ3v) is 6.67. The van der Waals surface area contributed by atoms with Gasteiger partial charge in [0.05, 0.1) is 5.56 Å². The van der Waals surface area contributed by atoms with E-state index in [1.807, 2.05) is 0 Å². The smallest absolute Gasteiger partial charge is 0.226 e. The summed E-state index contributed by atoms with van der Waals surface area (Å²) in [5, 5.41) is 13.3. The topological polar surface area (TPSA) is 56.1 Å². The van der Waals surface area contributed by atoms with Gasteiger partial charge in [0.1, 0.15) is 11.1 Å². The van der Waals surface area contributed by atoms with Gasteiger partial charge in [-0.05, 0) is 56.2 Å². The number of aryl methyl sites for hydroxylation is 1. The molecule has 2 aromatic rings. The van der Waals surface area contributed by atoms with E-state index in [1.165, 1.54) is 28.1 Å². The van der Waals surface area contributed by atoms with Crippen molar-refractivity contribution in [1.82, 2.24) is 0 Å². The Labute approximate surface area is 158 Å².